The molecular formula is C11H6ClIO. The molecule has 0 saturated carbocycles. The van der Waals surface area contributed by atoms with Gasteiger partial charge in [-0.3, -0.25) is 4.79 Å². The second kappa shape index (κ2) is 3.87. The van der Waals surface area contributed by atoms with Crippen molar-refractivity contribution in [1.82, 2.24) is 0 Å². The quantitative estimate of drug-likeness (QED) is 0.577. The van der Waals surface area contributed by atoms with E-state index < -0.39 is 5.24 Å². The fourth-order valence-electron chi connectivity index (χ4n) is 1.42. The summed E-state index contributed by atoms with van der Waals surface area (Å²) in [5.74, 6) is 0. The number of benzene rings is 2. The summed E-state index contributed by atoms with van der Waals surface area (Å²) in [6.07, 6.45) is 0. The van der Waals surface area contributed by atoms with Crippen molar-refractivity contribution in [2.45, 2.75) is 0 Å². The van der Waals surface area contributed by atoms with Gasteiger partial charge in [-0.25, -0.2) is 0 Å². The van der Waals surface area contributed by atoms with E-state index in [-0.39, 0.29) is 0 Å². The highest BCUT2D eigenvalue weighted by Crippen LogP contribution is 2.22. The molecular weight excluding hydrogens is 310 g/mol. The first-order chi connectivity index (χ1) is 6.68. The third-order valence-corrected chi connectivity index (χ3v) is 2.93. The van der Waals surface area contributed by atoms with Gasteiger partial charge in [-0.2, -0.15) is 0 Å². The Bertz CT molecular complexity index is 508. The second-order valence-corrected chi connectivity index (χ2v) is 4.53. The minimum Gasteiger partial charge on any atom is -0.276 e. The summed E-state index contributed by atoms with van der Waals surface area (Å²) in [4.78, 5) is 11.1. The monoisotopic (exact) mass is 316 g/mol. The summed E-state index contributed by atoms with van der Waals surface area (Å²) in [6, 6.07) is 11.5. The molecule has 0 aliphatic carbocycles. The average molecular weight is 317 g/mol. The third-order valence-electron chi connectivity index (χ3n) is 2.06. The number of hydrogen-bond acceptors (Lipinski definition) is 1. The van der Waals surface area contributed by atoms with Crippen LogP contribution in [0.15, 0.2) is 36.4 Å². The molecule has 0 unspecified atom stereocenters. The van der Waals surface area contributed by atoms with Gasteiger partial charge in [-0.05, 0) is 63.2 Å². The zero-order valence-electron chi connectivity index (χ0n) is 7.13. The van der Waals surface area contributed by atoms with Crippen molar-refractivity contribution in [3.05, 3.63) is 45.5 Å². The molecule has 2 aromatic carbocycles. The Morgan fingerprint density at radius 1 is 1.21 bits per heavy atom. The molecule has 0 spiro atoms. The molecule has 1 nitrogen and oxygen atoms in total. The maximum absolute atomic E-state index is 11.1. The van der Waals surface area contributed by atoms with Gasteiger partial charge in [0.15, 0.2) is 0 Å². The molecule has 0 aliphatic rings. The molecule has 2 aromatic rings. The lowest BCUT2D eigenvalue weighted by atomic mass is 10.1. The van der Waals surface area contributed by atoms with Gasteiger partial charge >= 0.3 is 0 Å². The van der Waals surface area contributed by atoms with E-state index in [9.17, 15) is 4.79 Å². The van der Waals surface area contributed by atoms with Crippen molar-refractivity contribution in [3.63, 3.8) is 0 Å². The van der Waals surface area contributed by atoms with E-state index in [1.807, 2.05) is 30.3 Å². The highest BCUT2D eigenvalue weighted by molar-refractivity contribution is 14.1. The summed E-state index contributed by atoms with van der Waals surface area (Å²) in [5, 5.41) is 1.55. The van der Waals surface area contributed by atoms with Crippen molar-refractivity contribution in [3.8, 4) is 0 Å². The molecule has 70 valence electrons. The largest absolute Gasteiger partial charge is 0.276 e. The average Bonchev–Trinajstić information content (AvgIpc) is 2.16. The Morgan fingerprint density at radius 2 is 2.00 bits per heavy atom. The van der Waals surface area contributed by atoms with Gasteiger partial charge in [0.05, 0.1) is 0 Å². The van der Waals surface area contributed by atoms with E-state index in [1.54, 1.807) is 6.07 Å². The summed E-state index contributed by atoms with van der Waals surface area (Å²) >= 11 is 7.71. The summed E-state index contributed by atoms with van der Waals surface area (Å²) in [5.41, 5.74) is 0.572. The number of hydrogen-bond donors (Lipinski definition) is 0. The lowest BCUT2D eigenvalue weighted by molar-refractivity contribution is 0.108. The Hall–Kier alpha value is -0.610. The van der Waals surface area contributed by atoms with E-state index >= 15 is 0 Å². The number of halogens is 2. The van der Waals surface area contributed by atoms with E-state index in [1.165, 1.54) is 0 Å². The lowest BCUT2D eigenvalue weighted by Gasteiger charge is -2.02. The summed E-state index contributed by atoms with van der Waals surface area (Å²) in [7, 11) is 0. The molecule has 3 heteroatoms. The van der Waals surface area contributed by atoms with Gasteiger partial charge in [0.2, 0.25) is 0 Å². The first-order valence-electron chi connectivity index (χ1n) is 4.06. The molecule has 0 fully saturated rings. The normalized spacial score (nSPS) is 10.4. The smallest absolute Gasteiger partial charge is 0.253 e. The standard InChI is InChI=1S/C11H6ClIO/c12-11(14)9-3-1-2-7-4-5-8(13)6-10(7)9/h1-6H. The van der Waals surface area contributed by atoms with Crippen LogP contribution < -0.4 is 0 Å². The highest BCUT2D eigenvalue weighted by Gasteiger charge is 2.06. The SMILES string of the molecule is O=C(Cl)c1cccc2ccc(I)cc12. The van der Waals surface area contributed by atoms with Crippen LogP contribution in [0.2, 0.25) is 0 Å². The predicted octanol–water partition coefficient (Wildman–Crippen LogP) is 3.82. The second-order valence-electron chi connectivity index (χ2n) is 2.94. The maximum Gasteiger partial charge on any atom is 0.253 e. The third kappa shape index (κ3) is 1.77. The lowest BCUT2D eigenvalue weighted by Crippen LogP contribution is -1.90. The van der Waals surface area contributed by atoms with Crippen molar-refractivity contribution in [1.29, 1.82) is 0 Å². The first-order valence-corrected chi connectivity index (χ1v) is 5.52. The van der Waals surface area contributed by atoms with E-state index in [4.69, 9.17) is 11.6 Å². The fraction of sp³-hybridized carbons (Fsp3) is 0. The van der Waals surface area contributed by atoms with Gasteiger partial charge in [0, 0.05) is 9.13 Å². The van der Waals surface area contributed by atoms with Crippen molar-refractivity contribution < 1.29 is 4.79 Å². The number of fused-ring (bicyclic) bond motifs is 1. The first kappa shape index (κ1) is 9.93. The molecule has 14 heavy (non-hydrogen) atoms. The molecule has 0 aliphatic heterocycles. The van der Waals surface area contributed by atoms with Crippen LogP contribution in [0.1, 0.15) is 10.4 Å². The van der Waals surface area contributed by atoms with Gasteiger partial charge in [0.25, 0.3) is 5.24 Å². The number of carbonyl (C=O) groups is 1. The Balaban J connectivity index is 2.84. The van der Waals surface area contributed by atoms with Gasteiger partial charge in [-0.15, -0.1) is 0 Å². The van der Waals surface area contributed by atoms with Crippen LogP contribution in [-0.4, -0.2) is 5.24 Å². The van der Waals surface area contributed by atoms with Gasteiger partial charge < -0.3 is 0 Å². The maximum atomic E-state index is 11.1. The van der Waals surface area contributed by atoms with E-state index in [0.717, 1.165) is 14.3 Å². The van der Waals surface area contributed by atoms with Crippen LogP contribution in [0.25, 0.3) is 10.8 Å². The van der Waals surface area contributed by atoms with Crippen molar-refractivity contribution in [2.75, 3.05) is 0 Å². The molecule has 0 N–H and O–H groups in total. The molecule has 0 bridgehead atoms. The van der Waals surface area contributed by atoms with Crippen LogP contribution in [-0.2, 0) is 0 Å². The number of rotatable bonds is 1. The zero-order valence-corrected chi connectivity index (χ0v) is 10.0. The topological polar surface area (TPSA) is 17.1 Å². The van der Waals surface area contributed by atoms with Gasteiger partial charge in [0.1, 0.15) is 0 Å². The zero-order chi connectivity index (χ0) is 10.1. The molecule has 0 heterocycles. The minimum absolute atomic E-state index is 0.405. The van der Waals surface area contributed by atoms with Crippen LogP contribution in [0.3, 0.4) is 0 Å². The number of carbonyl (C=O) groups excluding carboxylic acids is 1. The van der Waals surface area contributed by atoms with Gasteiger partial charge in [-0.1, -0.05) is 18.2 Å². The molecule has 0 atom stereocenters. The molecule has 0 radical (unpaired) electrons. The predicted molar refractivity (Wildman–Crippen MR) is 66.8 cm³/mol. The van der Waals surface area contributed by atoms with Crippen LogP contribution in [0.5, 0.6) is 0 Å². The van der Waals surface area contributed by atoms with Crippen LogP contribution >= 0.6 is 34.2 Å². The molecule has 0 saturated heterocycles. The summed E-state index contributed by atoms with van der Waals surface area (Å²) in [6.45, 7) is 0. The summed E-state index contributed by atoms with van der Waals surface area (Å²) < 4.78 is 1.10. The van der Waals surface area contributed by atoms with E-state index in [2.05, 4.69) is 22.6 Å². The Labute approximate surface area is 100 Å². The minimum atomic E-state index is -0.405. The van der Waals surface area contributed by atoms with Crippen LogP contribution in [0, 0.1) is 3.57 Å². The molecule has 0 amide bonds. The Kier molecular flexibility index (Phi) is 2.74. The van der Waals surface area contributed by atoms with Crippen molar-refractivity contribution >= 4 is 50.2 Å². The molecule has 0 aromatic heterocycles. The highest BCUT2D eigenvalue weighted by atomic mass is 127. The van der Waals surface area contributed by atoms with Crippen molar-refractivity contribution in [2.24, 2.45) is 0 Å². The Morgan fingerprint density at radius 3 is 2.71 bits per heavy atom. The fourth-order valence-corrected chi connectivity index (χ4v) is 2.07. The van der Waals surface area contributed by atoms with E-state index in [0.29, 0.717) is 5.56 Å². The molecule has 2 rings (SSSR count). The van der Waals surface area contributed by atoms with Crippen LogP contribution in [0.4, 0.5) is 0 Å².